The average Bonchev–Trinajstić information content (AvgIpc) is 3.04. The molecule has 3 amide bonds. The number of alkyl carbamates (subject to hydrolysis) is 1. The summed E-state index contributed by atoms with van der Waals surface area (Å²) in [6.45, 7) is 9.22. The highest BCUT2D eigenvalue weighted by Gasteiger charge is 2.27. The molecule has 0 aliphatic carbocycles. The number of amides is 3. The van der Waals surface area contributed by atoms with Crippen molar-refractivity contribution in [3.63, 3.8) is 0 Å². The maximum atomic E-state index is 12.8. The third kappa shape index (κ3) is 14.9. The summed E-state index contributed by atoms with van der Waals surface area (Å²) in [6.07, 6.45) is 1.68. The van der Waals surface area contributed by atoms with Crippen molar-refractivity contribution < 1.29 is 43.6 Å². The lowest BCUT2D eigenvalue weighted by atomic mass is 9.92. The Kier molecular flexibility index (Phi) is 17.2. The van der Waals surface area contributed by atoms with E-state index in [4.69, 9.17) is 19.9 Å². The van der Waals surface area contributed by atoms with Gasteiger partial charge in [-0.2, -0.15) is 0 Å². The number of benzene rings is 2. The quantitative estimate of drug-likeness (QED) is 0.0797. The molecule has 13 nitrogen and oxygen atoms in total. The number of ether oxygens (including phenoxy) is 3. The lowest BCUT2D eigenvalue weighted by Crippen LogP contribution is -2.37. The third-order valence-electron chi connectivity index (χ3n) is 7.11. The fraction of sp³-hybridized carbons (Fsp3) is 0.543. The highest BCUT2D eigenvalue weighted by Crippen LogP contribution is 2.28. The zero-order chi connectivity index (χ0) is 35.6. The monoisotopic (exact) mass is 672 g/mol. The number of urea groups is 1. The number of rotatable bonds is 22. The zero-order valence-corrected chi connectivity index (χ0v) is 28.5. The lowest BCUT2D eigenvalue weighted by molar-refractivity contribution is 0.0487. The largest absolute Gasteiger partial charge is 0.436 e. The van der Waals surface area contributed by atoms with Gasteiger partial charge < -0.3 is 46.1 Å². The van der Waals surface area contributed by atoms with Gasteiger partial charge in [0.1, 0.15) is 11.2 Å². The maximum absolute atomic E-state index is 12.8. The number of aliphatic hydroxyl groups is 2. The number of carbonyl (C=O) groups is 4. The van der Waals surface area contributed by atoms with Gasteiger partial charge in [0.2, 0.25) is 0 Å². The molecule has 0 bridgehead atoms. The van der Waals surface area contributed by atoms with Crippen LogP contribution in [0.15, 0.2) is 48.5 Å². The van der Waals surface area contributed by atoms with Gasteiger partial charge in [-0.3, -0.25) is 9.59 Å². The highest BCUT2D eigenvalue weighted by atomic mass is 16.6. The first-order chi connectivity index (χ1) is 22.7. The van der Waals surface area contributed by atoms with Crippen molar-refractivity contribution in [1.29, 1.82) is 0 Å². The van der Waals surface area contributed by atoms with Crippen LogP contribution < -0.4 is 21.7 Å². The summed E-state index contributed by atoms with van der Waals surface area (Å²) < 4.78 is 16.4. The van der Waals surface area contributed by atoms with Gasteiger partial charge in [-0.15, -0.1) is 0 Å². The molecule has 2 rings (SSSR count). The second-order valence-electron chi connectivity index (χ2n) is 12.3. The molecule has 0 fully saturated rings. The summed E-state index contributed by atoms with van der Waals surface area (Å²) in [5.74, 6) is -0.889. The van der Waals surface area contributed by atoms with Crippen molar-refractivity contribution in [1.82, 2.24) is 16.0 Å². The van der Waals surface area contributed by atoms with Gasteiger partial charge in [0.25, 0.3) is 0 Å². The van der Waals surface area contributed by atoms with Crippen LogP contribution in [-0.4, -0.2) is 97.7 Å². The Morgan fingerprint density at radius 1 is 0.646 bits per heavy atom. The molecule has 0 aromatic heterocycles. The van der Waals surface area contributed by atoms with Gasteiger partial charge in [-0.1, -0.05) is 61.4 Å². The molecule has 2 aromatic carbocycles. The molecule has 0 heterocycles. The first kappa shape index (κ1) is 40.3. The number of unbranched alkanes of at least 4 members (excludes halogenated alkanes) is 3. The maximum Gasteiger partial charge on any atom is 0.408 e. The molecule has 0 aliphatic rings. The normalized spacial score (nSPS) is 11.7. The van der Waals surface area contributed by atoms with E-state index in [2.05, 4.69) is 16.0 Å². The second-order valence-corrected chi connectivity index (χ2v) is 12.3. The molecule has 0 saturated heterocycles. The van der Waals surface area contributed by atoms with E-state index >= 15 is 0 Å². The van der Waals surface area contributed by atoms with Crippen molar-refractivity contribution in [3.05, 3.63) is 70.8 Å². The number of nitrogens with two attached hydrogens (primary N) is 1. The SMILES string of the molecule is CC(C)(O)C(=O)c1ccc(C(OC(=O)NCCCCCCNC(=O)NCCOCCOCCN)c2ccc(C(=O)C(C)(C)O)cc2)cc1. The molecule has 48 heavy (non-hydrogen) atoms. The van der Waals surface area contributed by atoms with Gasteiger partial charge in [-0.25, -0.2) is 9.59 Å². The fourth-order valence-electron chi connectivity index (χ4n) is 4.50. The number of hydrogen-bond acceptors (Lipinski definition) is 10. The van der Waals surface area contributed by atoms with Crippen LogP contribution >= 0.6 is 0 Å². The Bertz CT molecular complexity index is 1220. The van der Waals surface area contributed by atoms with E-state index in [1.54, 1.807) is 48.5 Å². The van der Waals surface area contributed by atoms with Crippen LogP contribution in [0.3, 0.4) is 0 Å². The van der Waals surface area contributed by atoms with Gasteiger partial charge in [0, 0.05) is 37.3 Å². The van der Waals surface area contributed by atoms with Gasteiger partial charge in [-0.05, 0) is 51.7 Å². The summed E-state index contributed by atoms with van der Waals surface area (Å²) in [6, 6.07) is 12.6. The number of Topliss-reactive ketones (excluding diaryl/α,β-unsaturated/α-hetero) is 2. The molecular formula is C35H52N4O9. The molecule has 2 aromatic rings. The van der Waals surface area contributed by atoms with Gasteiger partial charge in [0.05, 0.1) is 26.4 Å². The van der Waals surface area contributed by atoms with Crippen LogP contribution in [0.5, 0.6) is 0 Å². The molecule has 13 heteroatoms. The molecular weight excluding hydrogens is 620 g/mol. The molecule has 266 valence electrons. The molecule has 0 saturated carbocycles. The number of nitrogens with one attached hydrogen (secondary N) is 3. The third-order valence-corrected chi connectivity index (χ3v) is 7.11. The Balaban J connectivity index is 1.82. The van der Waals surface area contributed by atoms with Crippen LogP contribution in [0, 0.1) is 0 Å². The standard InChI is InChI=1S/C35H52N4O9/c1-34(2,44)30(40)27-13-9-25(10-14-27)29(26-11-15-28(16-12-26)31(41)35(3,4)45)48-33(43)39-19-8-6-5-7-18-37-32(42)38-20-22-47-24-23-46-21-17-36/h9-16,29,44-45H,5-8,17-24,36H2,1-4H3,(H,39,43)(H2,37,38,42). The van der Waals surface area contributed by atoms with E-state index in [-0.39, 0.29) is 6.03 Å². The fourth-order valence-corrected chi connectivity index (χ4v) is 4.50. The topological polar surface area (TPSA) is 199 Å². The minimum Gasteiger partial charge on any atom is -0.436 e. The van der Waals surface area contributed by atoms with Crippen molar-refractivity contribution in [2.24, 2.45) is 5.73 Å². The molecule has 0 radical (unpaired) electrons. The van der Waals surface area contributed by atoms with Crippen LogP contribution in [-0.2, 0) is 14.2 Å². The van der Waals surface area contributed by atoms with E-state index < -0.39 is 35.0 Å². The van der Waals surface area contributed by atoms with Crippen molar-refractivity contribution in [2.75, 3.05) is 52.6 Å². The average molecular weight is 673 g/mol. The molecule has 0 spiro atoms. The second kappa shape index (κ2) is 20.5. The number of carbonyl (C=O) groups excluding carboxylic acids is 4. The van der Waals surface area contributed by atoms with Crippen LogP contribution in [0.2, 0.25) is 0 Å². The summed E-state index contributed by atoms with van der Waals surface area (Å²) in [4.78, 5) is 49.7. The Hall–Kier alpha value is -3.88. The van der Waals surface area contributed by atoms with Gasteiger partial charge >= 0.3 is 12.1 Å². The minimum atomic E-state index is -1.54. The summed E-state index contributed by atoms with van der Waals surface area (Å²) in [5.41, 5.74) is 4.03. The van der Waals surface area contributed by atoms with Gasteiger partial charge in [0.15, 0.2) is 17.7 Å². The first-order valence-corrected chi connectivity index (χ1v) is 16.3. The predicted molar refractivity (Wildman–Crippen MR) is 181 cm³/mol. The summed E-state index contributed by atoms with van der Waals surface area (Å²) in [7, 11) is 0. The molecule has 0 atom stereocenters. The van der Waals surface area contributed by atoms with Crippen molar-refractivity contribution in [3.8, 4) is 0 Å². The van der Waals surface area contributed by atoms with E-state index in [9.17, 15) is 29.4 Å². The predicted octanol–water partition coefficient (Wildman–Crippen LogP) is 3.26. The van der Waals surface area contributed by atoms with Crippen molar-refractivity contribution in [2.45, 2.75) is 70.7 Å². The Morgan fingerprint density at radius 3 is 1.54 bits per heavy atom. The van der Waals surface area contributed by atoms with E-state index in [1.165, 1.54) is 27.7 Å². The van der Waals surface area contributed by atoms with E-state index in [0.29, 0.717) is 81.3 Å². The van der Waals surface area contributed by atoms with Crippen molar-refractivity contribution >= 4 is 23.7 Å². The molecule has 7 N–H and O–H groups in total. The Morgan fingerprint density at radius 2 is 1.08 bits per heavy atom. The zero-order valence-electron chi connectivity index (χ0n) is 28.5. The number of ketones is 2. The van der Waals surface area contributed by atoms with E-state index in [1.807, 2.05) is 0 Å². The molecule has 0 aliphatic heterocycles. The van der Waals surface area contributed by atoms with Crippen LogP contribution in [0.25, 0.3) is 0 Å². The van der Waals surface area contributed by atoms with Crippen LogP contribution in [0.4, 0.5) is 9.59 Å². The first-order valence-electron chi connectivity index (χ1n) is 16.3. The lowest BCUT2D eigenvalue weighted by Gasteiger charge is -2.21. The smallest absolute Gasteiger partial charge is 0.408 e. The Labute approximate surface area is 282 Å². The summed E-state index contributed by atoms with van der Waals surface area (Å²) in [5, 5.41) is 28.5. The highest BCUT2D eigenvalue weighted by molar-refractivity contribution is 6.02. The van der Waals surface area contributed by atoms with Crippen LogP contribution in [0.1, 0.15) is 91.3 Å². The summed E-state index contributed by atoms with van der Waals surface area (Å²) >= 11 is 0. The van der Waals surface area contributed by atoms with E-state index in [0.717, 1.165) is 19.3 Å². The molecule has 0 unspecified atom stereocenters. The number of hydrogen-bond donors (Lipinski definition) is 6. The minimum absolute atomic E-state index is 0.256.